The van der Waals surface area contributed by atoms with Crippen molar-refractivity contribution in [1.29, 1.82) is 0 Å². The Kier molecular flexibility index (Phi) is 10.3. The van der Waals surface area contributed by atoms with Crippen molar-refractivity contribution in [2.45, 2.75) is 33.8 Å². The van der Waals surface area contributed by atoms with Gasteiger partial charge in [-0.1, -0.05) is 24.3 Å². The summed E-state index contributed by atoms with van der Waals surface area (Å²) in [5.41, 5.74) is 5.30. The maximum atomic E-state index is 13.1. The third-order valence-corrected chi connectivity index (χ3v) is 8.00. The molecule has 1 heterocycles. The second kappa shape index (κ2) is 13.9. The summed E-state index contributed by atoms with van der Waals surface area (Å²) in [5, 5.41) is 2.27. The van der Waals surface area contributed by atoms with E-state index in [4.69, 9.17) is 9.47 Å². The first kappa shape index (κ1) is 30.4. The SMILES string of the molecule is C=CCc1cc(C=C2SC(=O)N(CC(=O)Nc3ccc(C)c(C)c3)C2=O)cc(OCC)c1OCc1ccc(I)cc1. The fraction of sp³-hybridized carbons (Fsp3) is 0.219. The monoisotopic (exact) mass is 682 g/mol. The summed E-state index contributed by atoms with van der Waals surface area (Å²) in [4.78, 5) is 39.7. The van der Waals surface area contributed by atoms with E-state index < -0.39 is 17.1 Å². The molecule has 1 saturated heterocycles. The van der Waals surface area contributed by atoms with Gasteiger partial charge in [0.15, 0.2) is 11.5 Å². The minimum absolute atomic E-state index is 0.230. The second-order valence-electron chi connectivity index (χ2n) is 9.46. The molecular weight excluding hydrogens is 651 g/mol. The van der Waals surface area contributed by atoms with Gasteiger partial charge in [-0.15, -0.1) is 6.58 Å². The maximum absolute atomic E-state index is 13.1. The van der Waals surface area contributed by atoms with Crippen LogP contribution in [-0.2, 0) is 22.6 Å². The summed E-state index contributed by atoms with van der Waals surface area (Å²) in [6.45, 7) is 10.1. The third-order valence-electron chi connectivity index (χ3n) is 6.38. The third kappa shape index (κ3) is 7.80. The smallest absolute Gasteiger partial charge is 0.294 e. The molecule has 0 bridgehead atoms. The van der Waals surface area contributed by atoms with Crippen LogP contribution in [-0.4, -0.2) is 35.1 Å². The molecule has 0 radical (unpaired) electrons. The van der Waals surface area contributed by atoms with Crippen LogP contribution in [0.3, 0.4) is 0 Å². The first-order chi connectivity index (χ1) is 19.7. The molecule has 41 heavy (non-hydrogen) atoms. The van der Waals surface area contributed by atoms with E-state index in [-0.39, 0.29) is 11.4 Å². The number of nitrogens with zero attached hydrogens (tertiary/aromatic N) is 1. The van der Waals surface area contributed by atoms with Crippen LogP contribution in [0, 0.1) is 17.4 Å². The molecule has 3 aromatic carbocycles. The number of rotatable bonds is 11. The Hall–Kier alpha value is -3.57. The van der Waals surface area contributed by atoms with Gasteiger partial charge in [0.1, 0.15) is 13.2 Å². The minimum atomic E-state index is -0.516. The van der Waals surface area contributed by atoms with E-state index in [1.54, 1.807) is 24.3 Å². The molecule has 7 nitrogen and oxygen atoms in total. The summed E-state index contributed by atoms with van der Waals surface area (Å²) in [6.07, 6.45) is 3.93. The number of ether oxygens (including phenoxy) is 2. The predicted octanol–water partition coefficient (Wildman–Crippen LogP) is 7.29. The Labute approximate surface area is 258 Å². The van der Waals surface area contributed by atoms with E-state index in [0.717, 1.165) is 42.5 Å². The number of amides is 3. The molecule has 1 fully saturated rings. The number of hydrogen-bond donors (Lipinski definition) is 1. The van der Waals surface area contributed by atoms with Crippen LogP contribution in [0.15, 0.2) is 72.2 Å². The van der Waals surface area contributed by atoms with Crippen molar-refractivity contribution >= 4 is 63.2 Å². The van der Waals surface area contributed by atoms with Crippen molar-refractivity contribution in [2.75, 3.05) is 18.5 Å². The molecule has 0 unspecified atom stereocenters. The van der Waals surface area contributed by atoms with Crippen LogP contribution in [0.2, 0.25) is 0 Å². The van der Waals surface area contributed by atoms with Crippen molar-refractivity contribution in [1.82, 2.24) is 4.90 Å². The fourth-order valence-electron chi connectivity index (χ4n) is 4.19. The lowest BCUT2D eigenvalue weighted by atomic mass is 10.0. The molecule has 0 aliphatic carbocycles. The Morgan fingerprint density at radius 2 is 1.80 bits per heavy atom. The molecule has 4 rings (SSSR count). The fourth-order valence-corrected chi connectivity index (χ4v) is 5.39. The van der Waals surface area contributed by atoms with Gasteiger partial charge in [0, 0.05) is 14.8 Å². The predicted molar refractivity (Wildman–Crippen MR) is 172 cm³/mol. The standard InChI is InChI=1S/C32H31IN2O5S/c1-5-7-24-15-23(16-27(39-6-2)30(24)40-19-22-9-11-25(33)12-10-22)17-28-31(37)35(32(38)41-28)18-29(36)34-26-13-8-20(3)21(4)14-26/h5,8-17H,1,6-7,18-19H2,2-4H3,(H,34,36). The summed E-state index contributed by atoms with van der Waals surface area (Å²) in [6, 6.07) is 17.3. The van der Waals surface area contributed by atoms with Gasteiger partial charge in [-0.3, -0.25) is 19.3 Å². The number of aryl methyl sites for hydroxylation is 2. The lowest BCUT2D eigenvalue weighted by molar-refractivity contribution is -0.127. The van der Waals surface area contributed by atoms with Gasteiger partial charge in [-0.2, -0.15) is 0 Å². The number of allylic oxidation sites excluding steroid dienone is 1. The average molecular weight is 683 g/mol. The summed E-state index contributed by atoms with van der Waals surface area (Å²) >= 11 is 3.07. The zero-order valence-corrected chi connectivity index (χ0v) is 26.1. The minimum Gasteiger partial charge on any atom is -0.490 e. The normalized spacial score (nSPS) is 14.0. The average Bonchev–Trinajstić information content (AvgIpc) is 3.18. The number of carbonyl (C=O) groups is 3. The summed E-state index contributed by atoms with van der Waals surface area (Å²) < 4.78 is 13.3. The van der Waals surface area contributed by atoms with Crippen LogP contribution in [0.4, 0.5) is 10.5 Å². The molecular formula is C32H31IN2O5S. The van der Waals surface area contributed by atoms with Gasteiger partial charge < -0.3 is 14.8 Å². The number of halogens is 1. The highest BCUT2D eigenvalue weighted by molar-refractivity contribution is 14.1. The largest absolute Gasteiger partial charge is 0.490 e. The number of imide groups is 1. The van der Waals surface area contributed by atoms with Crippen molar-refractivity contribution in [3.05, 3.63) is 104 Å². The zero-order valence-electron chi connectivity index (χ0n) is 23.2. The number of hydrogen-bond acceptors (Lipinski definition) is 6. The zero-order chi connectivity index (χ0) is 29.5. The number of benzene rings is 3. The van der Waals surface area contributed by atoms with E-state index >= 15 is 0 Å². The Morgan fingerprint density at radius 1 is 1.05 bits per heavy atom. The highest BCUT2D eigenvalue weighted by atomic mass is 127. The molecule has 0 aromatic heterocycles. The number of nitrogens with one attached hydrogen (secondary N) is 1. The van der Waals surface area contributed by atoms with Crippen molar-refractivity contribution in [2.24, 2.45) is 0 Å². The van der Waals surface area contributed by atoms with E-state index in [2.05, 4.69) is 34.5 Å². The molecule has 0 saturated carbocycles. The molecule has 1 N–H and O–H groups in total. The molecule has 3 amide bonds. The van der Waals surface area contributed by atoms with Gasteiger partial charge in [0.2, 0.25) is 5.91 Å². The summed E-state index contributed by atoms with van der Waals surface area (Å²) in [5.74, 6) is 0.185. The topological polar surface area (TPSA) is 84.9 Å². The number of anilines is 1. The van der Waals surface area contributed by atoms with Crippen LogP contribution in [0.5, 0.6) is 11.5 Å². The van der Waals surface area contributed by atoms with Crippen LogP contribution in [0.25, 0.3) is 6.08 Å². The lowest BCUT2D eigenvalue weighted by Crippen LogP contribution is -2.36. The quantitative estimate of drug-likeness (QED) is 0.130. The molecule has 9 heteroatoms. The Balaban J connectivity index is 1.54. The summed E-state index contributed by atoms with van der Waals surface area (Å²) in [7, 11) is 0. The van der Waals surface area contributed by atoms with Gasteiger partial charge in [-0.05, 0) is 126 Å². The molecule has 1 aliphatic heterocycles. The highest BCUT2D eigenvalue weighted by Crippen LogP contribution is 2.38. The lowest BCUT2D eigenvalue weighted by Gasteiger charge is -2.17. The first-order valence-electron chi connectivity index (χ1n) is 13.1. The Morgan fingerprint density at radius 3 is 2.49 bits per heavy atom. The number of thioether (sulfide) groups is 1. The second-order valence-corrected chi connectivity index (χ2v) is 11.7. The van der Waals surface area contributed by atoms with Crippen molar-refractivity contribution in [3.63, 3.8) is 0 Å². The van der Waals surface area contributed by atoms with Crippen molar-refractivity contribution in [3.8, 4) is 11.5 Å². The maximum Gasteiger partial charge on any atom is 0.294 e. The van der Waals surface area contributed by atoms with E-state index in [1.807, 2.05) is 63.2 Å². The molecule has 3 aromatic rings. The van der Waals surface area contributed by atoms with Gasteiger partial charge in [0.25, 0.3) is 11.1 Å². The van der Waals surface area contributed by atoms with Gasteiger partial charge >= 0.3 is 0 Å². The Bertz CT molecular complexity index is 1520. The van der Waals surface area contributed by atoms with Gasteiger partial charge in [-0.25, -0.2) is 0 Å². The molecule has 1 aliphatic rings. The molecule has 0 atom stereocenters. The highest BCUT2D eigenvalue weighted by Gasteiger charge is 2.36. The van der Waals surface area contributed by atoms with Crippen LogP contribution in [0.1, 0.15) is 34.7 Å². The van der Waals surface area contributed by atoms with Crippen LogP contribution >= 0.6 is 34.4 Å². The van der Waals surface area contributed by atoms with Crippen LogP contribution < -0.4 is 14.8 Å². The molecule has 0 spiro atoms. The number of carbonyl (C=O) groups excluding carboxylic acids is 3. The molecule has 212 valence electrons. The van der Waals surface area contributed by atoms with E-state index in [1.165, 1.54) is 0 Å². The van der Waals surface area contributed by atoms with Gasteiger partial charge in [0.05, 0.1) is 11.5 Å². The first-order valence-corrected chi connectivity index (χ1v) is 15.0. The van der Waals surface area contributed by atoms with E-state index in [9.17, 15) is 14.4 Å². The van der Waals surface area contributed by atoms with E-state index in [0.29, 0.717) is 42.4 Å². The van der Waals surface area contributed by atoms with Crippen molar-refractivity contribution < 1.29 is 23.9 Å².